The molecule has 0 aliphatic rings. The number of hydrogen-bond acceptors (Lipinski definition) is 2. The largest absolute Gasteiger partial charge is 0.489 e. The molecule has 0 radical (unpaired) electrons. The van der Waals surface area contributed by atoms with Crippen LogP contribution in [0, 0.1) is 20.8 Å². The predicted octanol–water partition coefficient (Wildman–Crippen LogP) is 4.77. The fraction of sp³-hybridized carbons (Fsp3) is 0.235. The molecule has 2 rings (SSSR count). The smallest absolute Gasteiger partial charge is 0.151 e. The minimum atomic E-state index is 0.512. The van der Waals surface area contributed by atoms with Crippen LogP contribution in [0.25, 0.3) is 0 Å². The summed E-state index contributed by atoms with van der Waals surface area (Å²) in [5.41, 5.74) is 5.52. The van der Waals surface area contributed by atoms with Gasteiger partial charge in [0.25, 0.3) is 0 Å². The lowest BCUT2D eigenvalue weighted by Crippen LogP contribution is -2.01. The van der Waals surface area contributed by atoms with Crippen molar-refractivity contribution in [2.75, 3.05) is 0 Å². The molecule has 2 nitrogen and oxygen atoms in total. The van der Waals surface area contributed by atoms with E-state index >= 15 is 0 Å². The third kappa shape index (κ3) is 3.28. The van der Waals surface area contributed by atoms with E-state index in [1.54, 1.807) is 6.07 Å². The predicted molar refractivity (Wildman–Crippen MR) is 84.5 cm³/mol. The Hall–Kier alpha value is -1.61. The molecule has 0 heterocycles. The lowest BCUT2D eigenvalue weighted by Gasteiger charge is -2.13. The molecule has 0 spiro atoms. The Morgan fingerprint density at radius 3 is 2.35 bits per heavy atom. The molecule has 0 N–H and O–H groups in total. The SMILES string of the molecule is Cc1cc(C)c(COc2ccc(Br)c(C=O)c2)c(C)c1. The van der Waals surface area contributed by atoms with Crippen molar-refractivity contribution in [2.24, 2.45) is 0 Å². The van der Waals surface area contributed by atoms with Gasteiger partial charge in [0, 0.05) is 10.0 Å². The van der Waals surface area contributed by atoms with Crippen molar-refractivity contribution in [3.63, 3.8) is 0 Å². The van der Waals surface area contributed by atoms with Gasteiger partial charge < -0.3 is 4.74 Å². The van der Waals surface area contributed by atoms with Crippen LogP contribution in [0.1, 0.15) is 32.6 Å². The molecule has 0 aliphatic carbocycles. The minimum Gasteiger partial charge on any atom is -0.489 e. The number of aryl methyl sites for hydroxylation is 3. The quantitative estimate of drug-likeness (QED) is 0.754. The minimum absolute atomic E-state index is 0.512. The highest BCUT2D eigenvalue weighted by atomic mass is 79.9. The molecule has 20 heavy (non-hydrogen) atoms. The molecule has 0 saturated carbocycles. The van der Waals surface area contributed by atoms with Crippen LogP contribution in [-0.2, 0) is 6.61 Å². The van der Waals surface area contributed by atoms with Gasteiger partial charge in [-0.05, 0) is 55.7 Å². The molecule has 0 unspecified atom stereocenters. The first-order valence-electron chi connectivity index (χ1n) is 6.45. The number of ether oxygens (including phenoxy) is 1. The summed E-state index contributed by atoms with van der Waals surface area (Å²) in [6.45, 7) is 6.79. The molecule has 2 aromatic carbocycles. The summed E-state index contributed by atoms with van der Waals surface area (Å²) in [7, 11) is 0. The first-order chi connectivity index (χ1) is 9.51. The van der Waals surface area contributed by atoms with Crippen molar-refractivity contribution >= 4 is 22.2 Å². The van der Waals surface area contributed by atoms with Crippen molar-refractivity contribution in [3.05, 3.63) is 62.6 Å². The molecular weight excluding hydrogens is 316 g/mol. The van der Waals surface area contributed by atoms with Crippen molar-refractivity contribution in [2.45, 2.75) is 27.4 Å². The fourth-order valence-corrected chi connectivity index (χ4v) is 2.64. The fourth-order valence-electron chi connectivity index (χ4n) is 2.30. The van der Waals surface area contributed by atoms with Gasteiger partial charge in [-0.25, -0.2) is 0 Å². The second-order valence-electron chi connectivity index (χ2n) is 4.97. The van der Waals surface area contributed by atoms with Gasteiger partial charge in [0.2, 0.25) is 0 Å². The topological polar surface area (TPSA) is 26.3 Å². The van der Waals surface area contributed by atoms with Crippen LogP contribution in [0.2, 0.25) is 0 Å². The van der Waals surface area contributed by atoms with Gasteiger partial charge in [0.15, 0.2) is 6.29 Å². The Bertz CT molecular complexity index is 624. The van der Waals surface area contributed by atoms with E-state index in [2.05, 4.69) is 48.8 Å². The van der Waals surface area contributed by atoms with Crippen LogP contribution in [0.15, 0.2) is 34.8 Å². The highest BCUT2D eigenvalue weighted by Crippen LogP contribution is 2.23. The highest BCUT2D eigenvalue weighted by Gasteiger charge is 2.06. The van der Waals surface area contributed by atoms with Crippen LogP contribution < -0.4 is 4.74 Å². The monoisotopic (exact) mass is 332 g/mol. The van der Waals surface area contributed by atoms with Crippen LogP contribution >= 0.6 is 15.9 Å². The maximum Gasteiger partial charge on any atom is 0.151 e. The Morgan fingerprint density at radius 1 is 1.10 bits per heavy atom. The maximum atomic E-state index is 10.9. The number of carbonyl (C=O) groups is 1. The van der Waals surface area contributed by atoms with Gasteiger partial charge in [-0.3, -0.25) is 4.79 Å². The number of halogens is 1. The Kier molecular flexibility index (Phi) is 4.61. The van der Waals surface area contributed by atoms with E-state index in [4.69, 9.17) is 4.74 Å². The molecule has 0 atom stereocenters. The summed E-state index contributed by atoms with van der Waals surface area (Å²) in [6, 6.07) is 9.74. The van der Waals surface area contributed by atoms with E-state index in [1.807, 2.05) is 12.1 Å². The molecule has 3 heteroatoms. The van der Waals surface area contributed by atoms with E-state index in [0.717, 1.165) is 10.8 Å². The molecule has 0 aliphatic heterocycles. The van der Waals surface area contributed by atoms with Crippen LogP contribution in [0.4, 0.5) is 0 Å². The van der Waals surface area contributed by atoms with E-state index in [0.29, 0.717) is 17.9 Å². The molecule has 2 aromatic rings. The second-order valence-corrected chi connectivity index (χ2v) is 5.82. The van der Waals surface area contributed by atoms with Crippen molar-refractivity contribution in [1.82, 2.24) is 0 Å². The van der Waals surface area contributed by atoms with Crippen molar-refractivity contribution in [3.8, 4) is 5.75 Å². The summed E-state index contributed by atoms with van der Waals surface area (Å²) in [5.74, 6) is 0.703. The first kappa shape index (κ1) is 14.8. The number of rotatable bonds is 4. The van der Waals surface area contributed by atoms with Crippen LogP contribution in [-0.4, -0.2) is 6.29 Å². The maximum absolute atomic E-state index is 10.9. The average molecular weight is 333 g/mol. The molecular formula is C17H17BrO2. The van der Waals surface area contributed by atoms with E-state index in [1.165, 1.54) is 22.3 Å². The summed E-state index contributed by atoms with van der Waals surface area (Å²) in [6.07, 6.45) is 0.819. The first-order valence-corrected chi connectivity index (χ1v) is 7.25. The van der Waals surface area contributed by atoms with Crippen molar-refractivity contribution < 1.29 is 9.53 Å². The molecule has 0 fully saturated rings. The van der Waals surface area contributed by atoms with E-state index in [-0.39, 0.29) is 0 Å². The third-order valence-corrected chi connectivity index (χ3v) is 4.04. The van der Waals surface area contributed by atoms with Gasteiger partial charge >= 0.3 is 0 Å². The van der Waals surface area contributed by atoms with Crippen LogP contribution in [0.3, 0.4) is 0 Å². The van der Waals surface area contributed by atoms with Gasteiger partial charge in [-0.1, -0.05) is 33.6 Å². The summed E-state index contributed by atoms with van der Waals surface area (Å²) >= 11 is 3.33. The number of aldehydes is 1. The summed E-state index contributed by atoms with van der Waals surface area (Å²) < 4.78 is 6.59. The average Bonchev–Trinajstić information content (AvgIpc) is 2.39. The summed E-state index contributed by atoms with van der Waals surface area (Å²) in [5, 5.41) is 0. The lowest BCUT2D eigenvalue weighted by molar-refractivity contribution is 0.112. The zero-order valence-electron chi connectivity index (χ0n) is 11.9. The Morgan fingerprint density at radius 2 is 1.75 bits per heavy atom. The molecule has 104 valence electrons. The Balaban J connectivity index is 2.19. The standard InChI is InChI=1S/C17H17BrO2/c1-11-6-12(2)16(13(3)7-11)10-20-15-4-5-17(18)14(8-15)9-19/h4-9H,10H2,1-3H3. The Labute approximate surface area is 127 Å². The summed E-state index contributed by atoms with van der Waals surface area (Å²) in [4.78, 5) is 10.9. The number of hydrogen-bond donors (Lipinski definition) is 0. The molecule has 0 saturated heterocycles. The van der Waals surface area contributed by atoms with Crippen LogP contribution in [0.5, 0.6) is 5.75 Å². The molecule has 0 amide bonds. The lowest BCUT2D eigenvalue weighted by atomic mass is 10.0. The zero-order chi connectivity index (χ0) is 14.7. The molecule has 0 aromatic heterocycles. The highest BCUT2D eigenvalue weighted by molar-refractivity contribution is 9.10. The number of benzene rings is 2. The third-order valence-electron chi connectivity index (χ3n) is 3.32. The van der Waals surface area contributed by atoms with Gasteiger partial charge in [-0.2, -0.15) is 0 Å². The molecule has 0 bridgehead atoms. The van der Waals surface area contributed by atoms with Gasteiger partial charge in [0.05, 0.1) is 0 Å². The van der Waals surface area contributed by atoms with Crippen molar-refractivity contribution in [1.29, 1.82) is 0 Å². The van der Waals surface area contributed by atoms with Gasteiger partial charge in [0.1, 0.15) is 12.4 Å². The number of carbonyl (C=O) groups excluding carboxylic acids is 1. The van der Waals surface area contributed by atoms with Gasteiger partial charge in [-0.15, -0.1) is 0 Å². The van der Waals surface area contributed by atoms with E-state index in [9.17, 15) is 4.79 Å². The van der Waals surface area contributed by atoms with E-state index < -0.39 is 0 Å². The second kappa shape index (κ2) is 6.23. The zero-order valence-corrected chi connectivity index (χ0v) is 13.5. The normalized spacial score (nSPS) is 10.4.